The van der Waals surface area contributed by atoms with Gasteiger partial charge in [-0.1, -0.05) is 30.3 Å². The van der Waals surface area contributed by atoms with E-state index >= 15 is 0 Å². The fourth-order valence-electron chi connectivity index (χ4n) is 3.07. The summed E-state index contributed by atoms with van der Waals surface area (Å²) in [5.41, 5.74) is -0.291. The summed E-state index contributed by atoms with van der Waals surface area (Å²) in [5.74, 6) is -1.11. The predicted molar refractivity (Wildman–Crippen MR) is 110 cm³/mol. The zero-order valence-corrected chi connectivity index (χ0v) is 17.6. The van der Waals surface area contributed by atoms with Gasteiger partial charge in [0.15, 0.2) is 0 Å². The Morgan fingerprint density at radius 2 is 1.67 bits per heavy atom. The van der Waals surface area contributed by atoms with Crippen molar-refractivity contribution in [3.8, 4) is 0 Å². The van der Waals surface area contributed by atoms with Gasteiger partial charge in [-0.15, -0.1) is 0 Å². The molecule has 1 heterocycles. The Balaban J connectivity index is 1.69. The van der Waals surface area contributed by atoms with Crippen LogP contribution in [0.1, 0.15) is 12.5 Å². The van der Waals surface area contributed by atoms with Gasteiger partial charge in [-0.2, -0.15) is 0 Å². The van der Waals surface area contributed by atoms with Gasteiger partial charge < -0.3 is 10.6 Å². The van der Waals surface area contributed by atoms with Crippen LogP contribution >= 0.6 is 0 Å². The lowest BCUT2D eigenvalue weighted by atomic mass is 9.92. The summed E-state index contributed by atoms with van der Waals surface area (Å²) in [6.07, 6.45) is 0. The van der Waals surface area contributed by atoms with Gasteiger partial charge in [-0.25, -0.2) is 17.5 Å². The van der Waals surface area contributed by atoms with Crippen LogP contribution in [0.5, 0.6) is 0 Å². The summed E-state index contributed by atoms with van der Waals surface area (Å²) < 4.78 is 25.3. The summed E-state index contributed by atoms with van der Waals surface area (Å²) in [6, 6.07) is 13.7. The number of benzene rings is 2. The first-order valence-corrected chi connectivity index (χ1v) is 10.5. The first kappa shape index (κ1) is 21.5. The quantitative estimate of drug-likeness (QED) is 0.671. The molecule has 1 saturated heterocycles. The van der Waals surface area contributed by atoms with Crippen LogP contribution in [0.25, 0.3) is 0 Å². The van der Waals surface area contributed by atoms with Crippen molar-refractivity contribution in [1.29, 1.82) is 0 Å². The second kappa shape index (κ2) is 7.88. The number of sulfonamides is 1. The molecule has 0 unspecified atom stereocenters. The molecule has 2 aromatic rings. The summed E-state index contributed by atoms with van der Waals surface area (Å²) in [5, 5.41) is 5.20. The van der Waals surface area contributed by atoms with E-state index in [1.54, 1.807) is 37.3 Å². The van der Waals surface area contributed by atoms with Crippen molar-refractivity contribution in [2.45, 2.75) is 17.4 Å². The van der Waals surface area contributed by atoms with Crippen LogP contribution in [0.2, 0.25) is 0 Å². The minimum absolute atomic E-state index is 0.0817. The molecule has 0 bridgehead atoms. The van der Waals surface area contributed by atoms with Crippen molar-refractivity contribution >= 4 is 33.6 Å². The molecule has 4 amide bonds. The van der Waals surface area contributed by atoms with E-state index in [0.29, 0.717) is 11.3 Å². The fourth-order valence-corrected chi connectivity index (χ4v) is 3.97. The number of anilines is 1. The topological polar surface area (TPSA) is 116 Å². The minimum Gasteiger partial charge on any atom is -0.325 e. The maximum Gasteiger partial charge on any atom is 0.325 e. The molecule has 1 atom stereocenters. The zero-order chi connectivity index (χ0) is 22.1. The maximum absolute atomic E-state index is 12.8. The van der Waals surface area contributed by atoms with E-state index in [9.17, 15) is 22.8 Å². The number of nitrogens with zero attached hydrogens (tertiary/aromatic N) is 2. The van der Waals surface area contributed by atoms with E-state index < -0.39 is 40.0 Å². The lowest BCUT2D eigenvalue weighted by Gasteiger charge is -2.22. The number of urea groups is 1. The molecule has 0 aromatic heterocycles. The number of hydrogen-bond acceptors (Lipinski definition) is 5. The third-order valence-corrected chi connectivity index (χ3v) is 6.67. The van der Waals surface area contributed by atoms with E-state index in [1.807, 2.05) is 0 Å². The fraction of sp³-hybridized carbons (Fsp3) is 0.250. The van der Waals surface area contributed by atoms with Crippen LogP contribution in [0.4, 0.5) is 10.5 Å². The van der Waals surface area contributed by atoms with E-state index in [1.165, 1.54) is 38.4 Å². The molecule has 1 aliphatic heterocycles. The van der Waals surface area contributed by atoms with Gasteiger partial charge in [0, 0.05) is 19.8 Å². The molecule has 0 saturated carbocycles. The third-order valence-electron chi connectivity index (χ3n) is 4.84. The monoisotopic (exact) mass is 430 g/mol. The molecule has 1 aliphatic rings. The normalized spacial score (nSPS) is 19.1. The Labute approximate surface area is 174 Å². The molecule has 30 heavy (non-hydrogen) atoms. The summed E-state index contributed by atoms with van der Waals surface area (Å²) in [6.45, 7) is 1.12. The number of rotatable bonds is 6. The second-order valence-electron chi connectivity index (χ2n) is 7.17. The standard InChI is InChI=1S/C20H22N4O5S/c1-20(14-7-5-4-6-8-14)18(26)24(19(27)22-20)13-17(25)21-15-9-11-16(12-10-15)30(28,29)23(2)3/h4-12H,13H2,1-3H3,(H,21,25)(H,22,27)/t20-/m1/s1. The Morgan fingerprint density at radius 1 is 1.07 bits per heavy atom. The third kappa shape index (κ3) is 3.91. The molecule has 0 spiro atoms. The highest BCUT2D eigenvalue weighted by molar-refractivity contribution is 7.89. The molecule has 3 rings (SSSR count). The van der Waals surface area contributed by atoms with E-state index in [4.69, 9.17) is 0 Å². The number of amides is 4. The molecule has 1 fully saturated rings. The minimum atomic E-state index is -3.58. The van der Waals surface area contributed by atoms with Gasteiger partial charge in [-0.3, -0.25) is 14.5 Å². The van der Waals surface area contributed by atoms with E-state index in [0.717, 1.165) is 9.21 Å². The lowest BCUT2D eigenvalue weighted by Crippen LogP contribution is -2.42. The molecule has 2 aromatic carbocycles. The van der Waals surface area contributed by atoms with Gasteiger partial charge in [0.25, 0.3) is 5.91 Å². The average Bonchev–Trinajstić information content (AvgIpc) is 2.93. The van der Waals surface area contributed by atoms with Crippen LogP contribution in [0, 0.1) is 0 Å². The molecule has 0 radical (unpaired) electrons. The van der Waals surface area contributed by atoms with Crippen molar-refractivity contribution in [3.63, 3.8) is 0 Å². The summed E-state index contributed by atoms with van der Waals surface area (Å²) in [7, 11) is -0.734. The Bertz CT molecular complexity index is 1080. The van der Waals surface area contributed by atoms with Crippen LogP contribution in [0.3, 0.4) is 0 Å². The SMILES string of the molecule is CN(C)S(=O)(=O)c1ccc(NC(=O)CN2C(=O)N[C@](C)(c3ccccc3)C2=O)cc1. The van der Waals surface area contributed by atoms with Crippen LogP contribution in [-0.2, 0) is 25.2 Å². The Morgan fingerprint density at radius 3 is 2.23 bits per heavy atom. The van der Waals surface area contributed by atoms with Crippen molar-refractivity contribution < 1.29 is 22.8 Å². The Kier molecular flexibility index (Phi) is 5.64. The molecule has 0 aliphatic carbocycles. The average molecular weight is 430 g/mol. The second-order valence-corrected chi connectivity index (χ2v) is 9.32. The predicted octanol–water partition coefficient (Wildman–Crippen LogP) is 1.34. The highest BCUT2D eigenvalue weighted by Gasteiger charge is 2.49. The molecule has 158 valence electrons. The van der Waals surface area contributed by atoms with Gasteiger partial charge >= 0.3 is 6.03 Å². The van der Waals surface area contributed by atoms with Gasteiger partial charge in [-0.05, 0) is 36.8 Å². The first-order chi connectivity index (χ1) is 14.1. The molecular weight excluding hydrogens is 408 g/mol. The Hall–Kier alpha value is -3.24. The van der Waals surface area contributed by atoms with E-state index in [-0.39, 0.29) is 4.90 Å². The van der Waals surface area contributed by atoms with Crippen molar-refractivity contribution in [2.75, 3.05) is 26.0 Å². The van der Waals surface area contributed by atoms with Crippen LogP contribution in [-0.4, -0.2) is 56.1 Å². The van der Waals surface area contributed by atoms with Gasteiger partial charge in [0.1, 0.15) is 12.1 Å². The van der Waals surface area contributed by atoms with Gasteiger partial charge in [0.2, 0.25) is 15.9 Å². The lowest BCUT2D eigenvalue weighted by molar-refractivity contribution is -0.133. The highest BCUT2D eigenvalue weighted by atomic mass is 32.2. The number of imide groups is 1. The van der Waals surface area contributed by atoms with Crippen molar-refractivity contribution in [1.82, 2.24) is 14.5 Å². The van der Waals surface area contributed by atoms with Gasteiger partial charge in [0.05, 0.1) is 4.90 Å². The molecule has 2 N–H and O–H groups in total. The highest BCUT2D eigenvalue weighted by Crippen LogP contribution is 2.28. The number of nitrogens with one attached hydrogen (secondary N) is 2. The summed E-state index contributed by atoms with van der Waals surface area (Å²) >= 11 is 0. The molecular formula is C20H22N4O5S. The summed E-state index contributed by atoms with van der Waals surface area (Å²) in [4.78, 5) is 38.5. The smallest absolute Gasteiger partial charge is 0.325 e. The van der Waals surface area contributed by atoms with Crippen LogP contribution in [0.15, 0.2) is 59.5 Å². The van der Waals surface area contributed by atoms with Crippen LogP contribution < -0.4 is 10.6 Å². The van der Waals surface area contributed by atoms with Crippen molar-refractivity contribution in [2.24, 2.45) is 0 Å². The number of carbonyl (C=O) groups is 3. The number of carbonyl (C=O) groups excluding carboxylic acids is 3. The van der Waals surface area contributed by atoms with E-state index in [2.05, 4.69) is 10.6 Å². The first-order valence-electron chi connectivity index (χ1n) is 9.08. The maximum atomic E-state index is 12.8. The molecule has 10 heteroatoms. The number of hydrogen-bond donors (Lipinski definition) is 2. The van der Waals surface area contributed by atoms with Crippen molar-refractivity contribution in [3.05, 3.63) is 60.2 Å². The largest absolute Gasteiger partial charge is 0.325 e. The molecule has 9 nitrogen and oxygen atoms in total. The zero-order valence-electron chi connectivity index (χ0n) is 16.7.